The van der Waals surface area contributed by atoms with Crippen molar-refractivity contribution in [3.8, 4) is 0 Å². The molecule has 24 heavy (non-hydrogen) atoms. The minimum Gasteiger partial charge on any atom is -0.376 e. The lowest BCUT2D eigenvalue weighted by Gasteiger charge is -2.14. The molecule has 0 aliphatic carbocycles. The van der Waals surface area contributed by atoms with Gasteiger partial charge in [-0.3, -0.25) is 14.2 Å². The molecule has 1 aliphatic rings. The first kappa shape index (κ1) is 16.6. The van der Waals surface area contributed by atoms with Crippen molar-refractivity contribution in [3.63, 3.8) is 0 Å². The van der Waals surface area contributed by atoms with Crippen molar-refractivity contribution in [2.45, 2.75) is 46.3 Å². The lowest BCUT2D eigenvalue weighted by Crippen LogP contribution is -2.37. The van der Waals surface area contributed by atoms with Crippen LogP contribution in [0.1, 0.15) is 29.7 Å². The van der Waals surface area contributed by atoms with Crippen LogP contribution in [0.4, 0.5) is 0 Å². The van der Waals surface area contributed by atoms with Crippen molar-refractivity contribution in [1.29, 1.82) is 0 Å². The van der Waals surface area contributed by atoms with Crippen molar-refractivity contribution in [2.24, 2.45) is 0 Å². The Morgan fingerprint density at radius 1 is 1.33 bits per heavy atom. The van der Waals surface area contributed by atoms with E-state index in [1.807, 2.05) is 26.0 Å². The summed E-state index contributed by atoms with van der Waals surface area (Å²) < 4.78 is 7.01. The topological polar surface area (TPSA) is 73.2 Å². The normalized spacial score (nSPS) is 17.4. The van der Waals surface area contributed by atoms with Crippen LogP contribution in [0.2, 0.25) is 0 Å². The predicted octanol–water partition coefficient (Wildman–Crippen LogP) is 1.62. The van der Waals surface area contributed by atoms with E-state index in [-0.39, 0.29) is 24.1 Å². The van der Waals surface area contributed by atoms with E-state index in [1.54, 1.807) is 6.92 Å². The van der Waals surface area contributed by atoms with E-state index in [0.29, 0.717) is 17.8 Å². The van der Waals surface area contributed by atoms with Crippen LogP contribution < -0.4 is 10.9 Å². The zero-order valence-corrected chi connectivity index (χ0v) is 14.4. The fourth-order valence-corrected chi connectivity index (χ4v) is 3.01. The molecule has 1 aromatic heterocycles. The number of benzene rings is 1. The van der Waals surface area contributed by atoms with Crippen LogP contribution in [-0.2, 0) is 16.1 Å². The summed E-state index contributed by atoms with van der Waals surface area (Å²) in [6.07, 6.45) is 2.09. The SMILES string of the molecule is Cc1cc2nc(C)c(=O)n(CC(=O)NC[C@H]3CCCO3)c2cc1C. The summed E-state index contributed by atoms with van der Waals surface area (Å²) in [5, 5.41) is 2.87. The minimum absolute atomic E-state index is 0.00604. The lowest BCUT2D eigenvalue weighted by molar-refractivity contribution is -0.122. The number of rotatable bonds is 4. The van der Waals surface area contributed by atoms with E-state index >= 15 is 0 Å². The molecule has 6 nitrogen and oxygen atoms in total. The van der Waals surface area contributed by atoms with Crippen LogP contribution >= 0.6 is 0 Å². The summed E-state index contributed by atoms with van der Waals surface area (Å²) in [5.74, 6) is -0.183. The second kappa shape index (κ2) is 6.73. The van der Waals surface area contributed by atoms with Gasteiger partial charge in [-0.15, -0.1) is 0 Å². The van der Waals surface area contributed by atoms with Gasteiger partial charge in [0.2, 0.25) is 5.91 Å². The Bertz CT molecular complexity index is 835. The molecule has 0 radical (unpaired) electrons. The summed E-state index contributed by atoms with van der Waals surface area (Å²) in [6, 6.07) is 3.88. The van der Waals surface area contributed by atoms with Crippen molar-refractivity contribution in [2.75, 3.05) is 13.2 Å². The van der Waals surface area contributed by atoms with Crippen LogP contribution in [0, 0.1) is 20.8 Å². The first-order chi connectivity index (χ1) is 11.5. The molecule has 0 bridgehead atoms. The van der Waals surface area contributed by atoms with Gasteiger partial charge in [0.1, 0.15) is 12.2 Å². The number of nitrogens with zero attached hydrogens (tertiary/aromatic N) is 2. The fourth-order valence-electron chi connectivity index (χ4n) is 3.01. The summed E-state index contributed by atoms with van der Waals surface area (Å²) in [5.41, 5.74) is 3.79. The number of aryl methyl sites for hydroxylation is 3. The van der Waals surface area contributed by atoms with Gasteiger partial charge in [-0.2, -0.15) is 0 Å². The Morgan fingerprint density at radius 3 is 2.79 bits per heavy atom. The number of amides is 1. The Kier molecular flexibility index (Phi) is 4.66. The highest BCUT2D eigenvalue weighted by Gasteiger charge is 2.17. The molecule has 0 spiro atoms. The van der Waals surface area contributed by atoms with Crippen molar-refractivity contribution in [1.82, 2.24) is 14.9 Å². The van der Waals surface area contributed by atoms with E-state index in [0.717, 1.165) is 36.1 Å². The van der Waals surface area contributed by atoms with Gasteiger partial charge in [-0.1, -0.05) is 0 Å². The molecule has 0 unspecified atom stereocenters. The number of nitrogens with one attached hydrogen (secondary N) is 1. The van der Waals surface area contributed by atoms with Gasteiger partial charge in [0, 0.05) is 13.2 Å². The molecule has 1 saturated heterocycles. The van der Waals surface area contributed by atoms with E-state index in [9.17, 15) is 9.59 Å². The Balaban J connectivity index is 1.87. The van der Waals surface area contributed by atoms with Gasteiger partial charge >= 0.3 is 0 Å². The first-order valence-electron chi connectivity index (χ1n) is 8.32. The molecule has 1 fully saturated rings. The zero-order chi connectivity index (χ0) is 17.3. The summed E-state index contributed by atoms with van der Waals surface area (Å²) in [4.78, 5) is 29.1. The molecule has 1 N–H and O–H groups in total. The smallest absolute Gasteiger partial charge is 0.272 e. The zero-order valence-electron chi connectivity index (χ0n) is 14.4. The molecule has 128 valence electrons. The Morgan fingerprint density at radius 2 is 2.08 bits per heavy atom. The second-order valence-electron chi connectivity index (χ2n) is 6.45. The van der Waals surface area contributed by atoms with E-state index in [1.165, 1.54) is 4.57 Å². The highest BCUT2D eigenvalue weighted by Crippen LogP contribution is 2.17. The van der Waals surface area contributed by atoms with E-state index < -0.39 is 0 Å². The highest BCUT2D eigenvalue weighted by atomic mass is 16.5. The van der Waals surface area contributed by atoms with Crippen molar-refractivity contribution in [3.05, 3.63) is 39.3 Å². The molecule has 2 aromatic rings. The maximum atomic E-state index is 12.5. The van der Waals surface area contributed by atoms with E-state index in [4.69, 9.17) is 4.74 Å². The quantitative estimate of drug-likeness (QED) is 0.925. The first-order valence-corrected chi connectivity index (χ1v) is 8.32. The molecular formula is C18H23N3O3. The Hall–Kier alpha value is -2.21. The molecule has 1 atom stereocenters. The van der Waals surface area contributed by atoms with Crippen LogP contribution in [0.15, 0.2) is 16.9 Å². The number of fused-ring (bicyclic) bond motifs is 1. The van der Waals surface area contributed by atoms with Gasteiger partial charge in [-0.05, 0) is 56.9 Å². The number of hydrogen-bond donors (Lipinski definition) is 1. The third-order valence-electron chi connectivity index (χ3n) is 4.58. The average Bonchev–Trinajstić information content (AvgIpc) is 3.05. The third kappa shape index (κ3) is 3.33. The predicted molar refractivity (Wildman–Crippen MR) is 92.2 cm³/mol. The summed E-state index contributed by atoms with van der Waals surface area (Å²) in [7, 11) is 0. The van der Waals surface area contributed by atoms with E-state index in [2.05, 4.69) is 10.3 Å². The number of carbonyl (C=O) groups excluding carboxylic acids is 1. The number of hydrogen-bond acceptors (Lipinski definition) is 4. The van der Waals surface area contributed by atoms with Gasteiger partial charge in [0.25, 0.3) is 5.56 Å². The fraction of sp³-hybridized carbons (Fsp3) is 0.500. The van der Waals surface area contributed by atoms with Crippen molar-refractivity contribution >= 4 is 16.9 Å². The molecule has 1 aliphatic heterocycles. The molecule has 0 saturated carbocycles. The maximum Gasteiger partial charge on any atom is 0.272 e. The minimum atomic E-state index is -0.224. The van der Waals surface area contributed by atoms with Gasteiger partial charge in [-0.25, -0.2) is 4.98 Å². The highest BCUT2D eigenvalue weighted by molar-refractivity contribution is 5.81. The third-order valence-corrected chi connectivity index (χ3v) is 4.58. The molecule has 1 aromatic carbocycles. The second-order valence-corrected chi connectivity index (χ2v) is 6.45. The van der Waals surface area contributed by atoms with Gasteiger partial charge in [0.15, 0.2) is 0 Å². The van der Waals surface area contributed by atoms with Crippen LogP contribution in [-0.4, -0.2) is 34.7 Å². The molecule has 2 heterocycles. The number of ether oxygens (including phenoxy) is 1. The van der Waals surface area contributed by atoms with Gasteiger partial charge in [0.05, 0.1) is 17.1 Å². The summed E-state index contributed by atoms with van der Waals surface area (Å²) in [6.45, 7) is 6.92. The largest absolute Gasteiger partial charge is 0.376 e. The Labute approximate surface area is 140 Å². The molecule has 3 rings (SSSR count). The summed E-state index contributed by atoms with van der Waals surface area (Å²) >= 11 is 0. The van der Waals surface area contributed by atoms with Crippen LogP contribution in [0.5, 0.6) is 0 Å². The van der Waals surface area contributed by atoms with Crippen molar-refractivity contribution < 1.29 is 9.53 Å². The van der Waals surface area contributed by atoms with Crippen LogP contribution in [0.3, 0.4) is 0 Å². The van der Waals surface area contributed by atoms with Crippen LogP contribution in [0.25, 0.3) is 11.0 Å². The molecular weight excluding hydrogens is 306 g/mol. The maximum absolute atomic E-state index is 12.5. The average molecular weight is 329 g/mol. The molecule has 1 amide bonds. The van der Waals surface area contributed by atoms with Gasteiger partial charge < -0.3 is 10.1 Å². The monoisotopic (exact) mass is 329 g/mol. The number of carbonyl (C=O) groups is 1. The number of aromatic nitrogens is 2. The molecule has 6 heteroatoms. The lowest BCUT2D eigenvalue weighted by atomic mass is 10.1. The standard InChI is InChI=1S/C18H23N3O3/c1-11-7-15-16(8-12(11)2)21(18(23)13(3)20-15)10-17(22)19-9-14-5-4-6-24-14/h7-8,14H,4-6,9-10H2,1-3H3,(H,19,22)/t14-/m1/s1.